The second-order valence-electron chi connectivity index (χ2n) is 4.14. The molecule has 2 aromatic rings. The van der Waals surface area contributed by atoms with Crippen molar-refractivity contribution >= 4 is 10.8 Å². The minimum atomic E-state index is 0.502. The van der Waals surface area contributed by atoms with Crippen LogP contribution in [-0.2, 0) is 6.54 Å². The number of benzene rings is 1. The fraction of sp³-hybridized carbons (Fsp3) is 0.308. The fourth-order valence-corrected chi connectivity index (χ4v) is 1.68. The van der Waals surface area contributed by atoms with E-state index in [4.69, 9.17) is 5.73 Å². The van der Waals surface area contributed by atoms with Gasteiger partial charge in [0, 0.05) is 18.1 Å². The van der Waals surface area contributed by atoms with Crippen molar-refractivity contribution in [3.05, 3.63) is 41.7 Å². The van der Waals surface area contributed by atoms with Crippen molar-refractivity contribution in [2.45, 2.75) is 26.3 Å². The molecule has 0 aliphatic heterocycles. The average molecular weight is 200 g/mol. The highest BCUT2D eigenvalue weighted by molar-refractivity contribution is 5.82. The Kier molecular flexibility index (Phi) is 2.69. The summed E-state index contributed by atoms with van der Waals surface area (Å²) in [6.07, 6.45) is 1.91. The van der Waals surface area contributed by atoms with Gasteiger partial charge in [-0.25, -0.2) is 0 Å². The molecule has 0 unspecified atom stereocenters. The van der Waals surface area contributed by atoms with E-state index in [1.807, 2.05) is 6.20 Å². The molecule has 2 nitrogen and oxygen atoms in total. The maximum absolute atomic E-state index is 5.56. The Morgan fingerprint density at radius 1 is 1.20 bits per heavy atom. The predicted molar refractivity (Wildman–Crippen MR) is 63.7 cm³/mol. The van der Waals surface area contributed by atoms with Gasteiger partial charge in [0.2, 0.25) is 0 Å². The lowest BCUT2D eigenvalue weighted by Gasteiger charge is -2.07. The van der Waals surface area contributed by atoms with E-state index < -0.39 is 0 Å². The molecule has 2 rings (SSSR count). The van der Waals surface area contributed by atoms with Gasteiger partial charge >= 0.3 is 0 Å². The smallest absolute Gasteiger partial charge is 0.0545 e. The van der Waals surface area contributed by atoms with Crippen LogP contribution < -0.4 is 5.73 Å². The van der Waals surface area contributed by atoms with E-state index in [1.165, 1.54) is 16.3 Å². The van der Waals surface area contributed by atoms with Crippen LogP contribution in [0.25, 0.3) is 10.8 Å². The second kappa shape index (κ2) is 3.99. The quantitative estimate of drug-likeness (QED) is 0.809. The molecule has 0 spiro atoms. The van der Waals surface area contributed by atoms with Crippen molar-refractivity contribution in [1.82, 2.24) is 4.98 Å². The minimum absolute atomic E-state index is 0.502. The summed E-state index contributed by atoms with van der Waals surface area (Å²) in [5.74, 6) is 0.559. The van der Waals surface area contributed by atoms with Gasteiger partial charge in [-0.1, -0.05) is 26.0 Å². The largest absolute Gasteiger partial charge is 0.325 e. The predicted octanol–water partition coefficient (Wildman–Crippen LogP) is 2.82. The van der Waals surface area contributed by atoms with Crippen LogP contribution in [0.15, 0.2) is 30.5 Å². The number of rotatable bonds is 2. The topological polar surface area (TPSA) is 38.9 Å². The van der Waals surface area contributed by atoms with Gasteiger partial charge in [-0.05, 0) is 29.0 Å². The Labute approximate surface area is 90.1 Å². The molecule has 1 aromatic carbocycles. The number of hydrogen-bond donors (Lipinski definition) is 1. The molecule has 1 heterocycles. The van der Waals surface area contributed by atoms with E-state index in [2.05, 4.69) is 43.1 Å². The molecule has 0 fully saturated rings. The molecule has 1 aromatic heterocycles. The van der Waals surface area contributed by atoms with E-state index >= 15 is 0 Å². The lowest BCUT2D eigenvalue weighted by Crippen LogP contribution is -1.98. The number of nitrogens with zero attached hydrogens (tertiary/aromatic N) is 1. The van der Waals surface area contributed by atoms with Gasteiger partial charge in [0.05, 0.1) is 5.69 Å². The molecule has 78 valence electrons. The van der Waals surface area contributed by atoms with Gasteiger partial charge in [0.1, 0.15) is 0 Å². The highest BCUT2D eigenvalue weighted by Crippen LogP contribution is 2.21. The van der Waals surface area contributed by atoms with E-state index in [0.717, 1.165) is 5.69 Å². The molecule has 2 heteroatoms. The molecule has 2 N–H and O–H groups in total. The molecule has 0 bridgehead atoms. The summed E-state index contributed by atoms with van der Waals surface area (Å²) in [7, 11) is 0. The van der Waals surface area contributed by atoms with Crippen molar-refractivity contribution in [2.24, 2.45) is 5.73 Å². The molecule has 0 atom stereocenters. The van der Waals surface area contributed by atoms with Crippen LogP contribution >= 0.6 is 0 Å². The Bertz CT molecular complexity index is 475. The third kappa shape index (κ3) is 2.00. The highest BCUT2D eigenvalue weighted by Gasteiger charge is 2.01. The van der Waals surface area contributed by atoms with Crippen molar-refractivity contribution in [1.29, 1.82) is 0 Å². The van der Waals surface area contributed by atoms with E-state index in [9.17, 15) is 0 Å². The lowest BCUT2D eigenvalue weighted by molar-refractivity contribution is 0.868. The zero-order chi connectivity index (χ0) is 10.8. The number of aromatic nitrogens is 1. The van der Waals surface area contributed by atoms with E-state index in [0.29, 0.717) is 12.5 Å². The third-order valence-corrected chi connectivity index (χ3v) is 2.68. The Morgan fingerprint density at radius 3 is 2.67 bits per heavy atom. The highest BCUT2D eigenvalue weighted by atomic mass is 14.7. The monoisotopic (exact) mass is 200 g/mol. The van der Waals surface area contributed by atoms with Crippen molar-refractivity contribution < 1.29 is 0 Å². The maximum atomic E-state index is 5.56. The van der Waals surface area contributed by atoms with Crippen LogP contribution in [0, 0.1) is 0 Å². The Hall–Kier alpha value is -1.41. The van der Waals surface area contributed by atoms with Crippen LogP contribution in [-0.4, -0.2) is 4.98 Å². The number of fused-ring (bicyclic) bond motifs is 1. The summed E-state index contributed by atoms with van der Waals surface area (Å²) in [5.41, 5.74) is 7.85. The van der Waals surface area contributed by atoms with Crippen molar-refractivity contribution in [3.8, 4) is 0 Å². The first kappa shape index (κ1) is 10.1. The van der Waals surface area contributed by atoms with Crippen molar-refractivity contribution in [2.75, 3.05) is 0 Å². The summed E-state index contributed by atoms with van der Waals surface area (Å²) >= 11 is 0. The first-order chi connectivity index (χ1) is 7.20. The van der Waals surface area contributed by atoms with Crippen LogP contribution in [0.1, 0.15) is 31.0 Å². The molecular formula is C13H16N2. The van der Waals surface area contributed by atoms with E-state index in [-0.39, 0.29) is 0 Å². The van der Waals surface area contributed by atoms with Crippen LogP contribution in [0.3, 0.4) is 0 Å². The number of nitrogens with two attached hydrogens (primary N) is 1. The van der Waals surface area contributed by atoms with Crippen LogP contribution in [0.5, 0.6) is 0 Å². The lowest BCUT2D eigenvalue weighted by atomic mass is 10.00. The summed E-state index contributed by atoms with van der Waals surface area (Å²) in [6.45, 7) is 4.90. The molecule has 0 amide bonds. The molecule has 0 saturated carbocycles. The van der Waals surface area contributed by atoms with Gasteiger partial charge < -0.3 is 5.73 Å². The zero-order valence-electron chi connectivity index (χ0n) is 9.20. The standard InChI is InChI=1S/C13H16N2/c1-9(2)10-3-4-11-6-13(7-14)15-8-12(11)5-10/h3-6,8-9H,7,14H2,1-2H3. The minimum Gasteiger partial charge on any atom is -0.325 e. The zero-order valence-corrected chi connectivity index (χ0v) is 9.20. The van der Waals surface area contributed by atoms with Gasteiger partial charge in [-0.2, -0.15) is 0 Å². The Morgan fingerprint density at radius 2 is 2.00 bits per heavy atom. The fourth-order valence-electron chi connectivity index (χ4n) is 1.68. The first-order valence-electron chi connectivity index (χ1n) is 5.29. The van der Waals surface area contributed by atoms with Gasteiger partial charge in [-0.3, -0.25) is 4.98 Å². The third-order valence-electron chi connectivity index (χ3n) is 2.68. The summed E-state index contributed by atoms with van der Waals surface area (Å²) in [4.78, 5) is 4.30. The summed E-state index contributed by atoms with van der Waals surface area (Å²) in [5, 5.41) is 2.41. The van der Waals surface area contributed by atoms with Gasteiger partial charge in [0.15, 0.2) is 0 Å². The summed E-state index contributed by atoms with van der Waals surface area (Å²) < 4.78 is 0. The average Bonchev–Trinajstić information content (AvgIpc) is 2.27. The molecule has 0 radical (unpaired) electrons. The SMILES string of the molecule is CC(C)c1ccc2cc(CN)ncc2c1. The van der Waals surface area contributed by atoms with Crippen molar-refractivity contribution in [3.63, 3.8) is 0 Å². The molecular weight excluding hydrogens is 184 g/mol. The number of pyridine rings is 1. The van der Waals surface area contributed by atoms with Crippen LogP contribution in [0.4, 0.5) is 0 Å². The second-order valence-corrected chi connectivity index (χ2v) is 4.14. The normalized spacial score (nSPS) is 11.2. The van der Waals surface area contributed by atoms with E-state index in [1.54, 1.807) is 0 Å². The number of hydrogen-bond acceptors (Lipinski definition) is 2. The Balaban J connectivity index is 2.55. The molecule has 15 heavy (non-hydrogen) atoms. The van der Waals surface area contributed by atoms with Gasteiger partial charge in [-0.15, -0.1) is 0 Å². The molecule has 0 aliphatic rings. The maximum Gasteiger partial charge on any atom is 0.0545 e. The summed E-state index contributed by atoms with van der Waals surface area (Å²) in [6, 6.07) is 8.57. The molecule has 0 saturated heterocycles. The molecule has 0 aliphatic carbocycles. The first-order valence-corrected chi connectivity index (χ1v) is 5.29. The van der Waals surface area contributed by atoms with Gasteiger partial charge in [0.25, 0.3) is 0 Å². The van der Waals surface area contributed by atoms with Crippen LogP contribution in [0.2, 0.25) is 0 Å².